The lowest BCUT2D eigenvalue weighted by molar-refractivity contribution is 0.551. The number of pyridine rings is 1. The Balaban J connectivity index is 2.65. The summed E-state index contributed by atoms with van der Waals surface area (Å²) >= 11 is -2.07. The van der Waals surface area contributed by atoms with Crippen molar-refractivity contribution < 1.29 is 8.76 Å². The van der Waals surface area contributed by atoms with Crippen molar-refractivity contribution in [1.29, 1.82) is 0 Å². The molecule has 3 N–H and O–H groups in total. The maximum absolute atomic E-state index is 10.9. The smallest absolute Gasteiger partial charge is 0.175 e. The molecule has 0 fully saturated rings. The number of aromatic nitrogens is 1. The second-order valence-electron chi connectivity index (χ2n) is 3.11. The van der Waals surface area contributed by atoms with Crippen LogP contribution in [0.15, 0.2) is 36.5 Å². The fourth-order valence-electron chi connectivity index (χ4n) is 1.47. The fourth-order valence-corrected chi connectivity index (χ4v) is 1.90. The van der Waals surface area contributed by atoms with Crippen molar-refractivity contribution >= 4 is 22.0 Å². The average Bonchev–Trinajstić information content (AvgIpc) is 2.27. The van der Waals surface area contributed by atoms with Gasteiger partial charge in [-0.15, -0.1) is 0 Å². The van der Waals surface area contributed by atoms with E-state index >= 15 is 0 Å². The third-order valence-electron chi connectivity index (χ3n) is 2.21. The van der Waals surface area contributed by atoms with Gasteiger partial charge in [0.05, 0.1) is 5.52 Å². The van der Waals surface area contributed by atoms with Crippen LogP contribution in [0.2, 0.25) is 0 Å². The van der Waals surface area contributed by atoms with E-state index in [0.717, 1.165) is 10.9 Å². The van der Waals surface area contributed by atoms with E-state index in [0.29, 0.717) is 5.56 Å². The summed E-state index contributed by atoms with van der Waals surface area (Å²) in [7, 11) is 0. The van der Waals surface area contributed by atoms with Crippen molar-refractivity contribution in [2.75, 3.05) is 0 Å². The molecule has 4 nitrogen and oxygen atoms in total. The summed E-state index contributed by atoms with van der Waals surface area (Å²) in [5.41, 5.74) is 7.04. The number of hydrogen-bond donors (Lipinski definition) is 2. The number of rotatable bonds is 2. The third-order valence-corrected chi connectivity index (χ3v) is 2.89. The van der Waals surface area contributed by atoms with Crippen molar-refractivity contribution in [2.45, 2.75) is 5.37 Å². The molecule has 2 rings (SSSR count). The van der Waals surface area contributed by atoms with Gasteiger partial charge in [0.2, 0.25) is 0 Å². The molecule has 0 aliphatic rings. The Morgan fingerprint density at radius 3 is 2.80 bits per heavy atom. The molecule has 0 radical (unpaired) electrons. The number of fused-ring (bicyclic) bond motifs is 1. The Hall–Kier alpha value is -1.30. The standard InChI is InChI=1S/C10H10N2O2S/c11-10(15(13)14)8-5-6-12-9-4-2-1-3-7(8)9/h1-6,10H,11H2,(H,13,14). The quantitative estimate of drug-likeness (QED) is 0.753. The number of benzene rings is 1. The lowest BCUT2D eigenvalue weighted by Gasteiger charge is -2.09. The van der Waals surface area contributed by atoms with Gasteiger partial charge in [-0.05, 0) is 17.7 Å². The summed E-state index contributed by atoms with van der Waals surface area (Å²) in [4.78, 5) is 4.15. The molecule has 0 aliphatic heterocycles. The highest BCUT2D eigenvalue weighted by Gasteiger charge is 2.14. The molecule has 2 aromatic rings. The Kier molecular flexibility index (Phi) is 2.77. The Morgan fingerprint density at radius 1 is 1.33 bits per heavy atom. The van der Waals surface area contributed by atoms with E-state index in [4.69, 9.17) is 10.3 Å². The molecule has 15 heavy (non-hydrogen) atoms. The predicted molar refractivity (Wildman–Crippen MR) is 59.4 cm³/mol. The summed E-state index contributed by atoms with van der Waals surface area (Å²) < 4.78 is 19.9. The SMILES string of the molecule is NC(c1ccnc2ccccc12)S(=O)O. The van der Waals surface area contributed by atoms with Crippen molar-refractivity contribution in [3.8, 4) is 0 Å². The zero-order valence-corrected chi connectivity index (χ0v) is 8.65. The molecule has 0 spiro atoms. The predicted octanol–water partition coefficient (Wildman–Crippen LogP) is 1.41. The number of nitrogens with two attached hydrogens (primary N) is 1. The minimum atomic E-state index is -2.07. The maximum atomic E-state index is 10.9. The zero-order valence-electron chi connectivity index (χ0n) is 7.83. The number of hydrogen-bond acceptors (Lipinski definition) is 3. The van der Waals surface area contributed by atoms with Gasteiger partial charge in [-0.25, -0.2) is 4.21 Å². The van der Waals surface area contributed by atoms with Gasteiger partial charge in [-0.3, -0.25) is 4.98 Å². The molecule has 1 aromatic carbocycles. The molecule has 0 aliphatic carbocycles. The van der Waals surface area contributed by atoms with Crippen LogP contribution in [0.3, 0.4) is 0 Å². The monoisotopic (exact) mass is 222 g/mol. The summed E-state index contributed by atoms with van der Waals surface area (Å²) in [6.45, 7) is 0. The first-order chi connectivity index (χ1) is 7.20. The van der Waals surface area contributed by atoms with E-state index in [1.807, 2.05) is 24.3 Å². The Morgan fingerprint density at radius 2 is 2.07 bits per heavy atom. The zero-order chi connectivity index (χ0) is 10.8. The number of para-hydroxylation sites is 1. The highest BCUT2D eigenvalue weighted by molar-refractivity contribution is 7.79. The minimum Gasteiger partial charge on any atom is -0.312 e. The molecule has 1 aromatic heterocycles. The van der Waals surface area contributed by atoms with Crippen molar-refractivity contribution in [2.24, 2.45) is 5.73 Å². The van der Waals surface area contributed by atoms with Gasteiger partial charge in [-0.2, -0.15) is 0 Å². The van der Waals surface area contributed by atoms with Crippen LogP contribution in [0.4, 0.5) is 0 Å². The molecule has 0 saturated carbocycles. The lowest BCUT2D eigenvalue weighted by Crippen LogP contribution is -2.16. The second kappa shape index (κ2) is 4.06. The molecule has 78 valence electrons. The van der Waals surface area contributed by atoms with Gasteiger partial charge in [0.25, 0.3) is 0 Å². The van der Waals surface area contributed by atoms with Gasteiger partial charge < -0.3 is 10.3 Å². The van der Waals surface area contributed by atoms with Crippen molar-refractivity contribution in [3.63, 3.8) is 0 Å². The van der Waals surface area contributed by atoms with E-state index in [1.165, 1.54) is 0 Å². The molecular weight excluding hydrogens is 212 g/mol. The molecule has 2 atom stereocenters. The van der Waals surface area contributed by atoms with E-state index in [-0.39, 0.29) is 0 Å². The van der Waals surface area contributed by atoms with Crippen LogP contribution in [0.5, 0.6) is 0 Å². The number of nitrogens with zero attached hydrogens (tertiary/aromatic N) is 1. The minimum absolute atomic E-state index is 0.640. The topological polar surface area (TPSA) is 76.2 Å². The summed E-state index contributed by atoms with van der Waals surface area (Å²) in [5.74, 6) is 0. The van der Waals surface area contributed by atoms with Crippen LogP contribution in [0, 0.1) is 0 Å². The van der Waals surface area contributed by atoms with Crippen LogP contribution in [-0.4, -0.2) is 13.7 Å². The molecule has 0 saturated heterocycles. The molecular formula is C10H10N2O2S. The summed E-state index contributed by atoms with van der Waals surface area (Å²) in [5, 5.41) is -0.0761. The largest absolute Gasteiger partial charge is 0.312 e. The molecule has 0 bridgehead atoms. The maximum Gasteiger partial charge on any atom is 0.175 e. The van der Waals surface area contributed by atoms with E-state index in [9.17, 15) is 4.21 Å². The molecule has 1 heterocycles. The first kappa shape index (κ1) is 10.2. The Bertz CT molecular complexity index is 510. The normalized spacial score (nSPS) is 15.1. The third kappa shape index (κ3) is 1.90. The first-order valence-corrected chi connectivity index (χ1v) is 5.56. The van der Waals surface area contributed by atoms with Crippen LogP contribution in [0.1, 0.15) is 10.9 Å². The second-order valence-corrected chi connectivity index (χ2v) is 4.17. The van der Waals surface area contributed by atoms with Crippen molar-refractivity contribution in [1.82, 2.24) is 4.98 Å². The van der Waals surface area contributed by atoms with Crippen LogP contribution in [-0.2, 0) is 11.1 Å². The lowest BCUT2D eigenvalue weighted by atomic mass is 10.1. The van der Waals surface area contributed by atoms with E-state index in [1.54, 1.807) is 12.3 Å². The van der Waals surface area contributed by atoms with Gasteiger partial charge in [0.15, 0.2) is 11.1 Å². The molecule has 0 amide bonds. The van der Waals surface area contributed by atoms with Crippen LogP contribution >= 0.6 is 0 Å². The van der Waals surface area contributed by atoms with Gasteiger partial charge >= 0.3 is 0 Å². The van der Waals surface area contributed by atoms with Gasteiger partial charge in [0.1, 0.15) is 5.37 Å². The first-order valence-electron chi connectivity index (χ1n) is 4.39. The highest BCUT2D eigenvalue weighted by atomic mass is 32.2. The Labute approximate surface area is 89.4 Å². The fraction of sp³-hybridized carbons (Fsp3) is 0.100. The van der Waals surface area contributed by atoms with Crippen molar-refractivity contribution in [3.05, 3.63) is 42.1 Å². The van der Waals surface area contributed by atoms with Gasteiger partial charge in [0, 0.05) is 11.6 Å². The molecule has 5 heteroatoms. The van der Waals surface area contributed by atoms with Crippen LogP contribution < -0.4 is 5.73 Å². The highest BCUT2D eigenvalue weighted by Crippen LogP contribution is 2.22. The van der Waals surface area contributed by atoms with E-state index in [2.05, 4.69) is 4.98 Å². The average molecular weight is 222 g/mol. The van der Waals surface area contributed by atoms with E-state index < -0.39 is 16.5 Å². The van der Waals surface area contributed by atoms with Crippen LogP contribution in [0.25, 0.3) is 10.9 Å². The molecule has 2 unspecified atom stereocenters. The summed E-state index contributed by atoms with van der Waals surface area (Å²) in [6.07, 6.45) is 1.59. The summed E-state index contributed by atoms with van der Waals surface area (Å²) in [6, 6.07) is 9.05. The van der Waals surface area contributed by atoms with Gasteiger partial charge in [-0.1, -0.05) is 18.2 Å².